The van der Waals surface area contributed by atoms with Gasteiger partial charge in [0.05, 0.1) is 6.54 Å². The van der Waals surface area contributed by atoms with Gasteiger partial charge in [-0.2, -0.15) is 0 Å². The number of anilines is 2. The third-order valence-corrected chi connectivity index (χ3v) is 4.72. The first-order valence-corrected chi connectivity index (χ1v) is 8.04. The van der Waals surface area contributed by atoms with Crippen molar-refractivity contribution in [1.29, 1.82) is 0 Å². The zero-order chi connectivity index (χ0) is 14.9. The number of fused-ring (bicyclic) bond motifs is 2. The summed E-state index contributed by atoms with van der Waals surface area (Å²) in [6.07, 6.45) is 3.17. The topological polar surface area (TPSA) is 23.6 Å². The molecule has 0 atom stereocenters. The Kier molecular flexibility index (Phi) is 3.34. The van der Waals surface area contributed by atoms with Crippen LogP contribution in [0.3, 0.4) is 0 Å². The molecule has 0 aliphatic carbocycles. The lowest BCUT2D eigenvalue weighted by Crippen LogP contribution is -2.42. The molecule has 0 fully saturated rings. The highest BCUT2D eigenvalue weighted by Crippen LogP contribution is 2.29. The van der Waals surface area contributed by atoms with Crippen molar-refractivity contribution in [2.45, 2.75) is 19.3 Å². The molecule has 2 aromatic carbocycles. The van der Waals surface area contributed by atoms with Gasteiger partial charge in [0.15, 0.2) is 0 Å². The molecule has 0 radical (unpaired) electrons. The second-order valence-corrected chi connectivity index (χ2v) is 6.08. The van der Waals surface area contributed by atoms with Crippen LogP contribution in [-0.2, 0) is 17.6 Å². The van der Waals surface area contributed by atoms with E-state index in [4.69, 9.17) is 0 Å². The van der Waals surface area contributed by atoms with E-state index in [1.54, 1.807) is 0 Å². The van der Waals surface area contributed by atoms with Crippen molar-refractivity contribution in [1.82, 2.24) is 0 Å². The molecule has 0 bridgehead atoms. The van der Waals surface area contributed by atoms with Crippen molar-refractivity contribution in [3.63, 3.8) is 0 Å². The monoisotopic (exact) mass is 292 g/mol. The molecule has 0 spiro atoms. The first kappa shape index (κ1) is 13.4. The van der Waals surface area contributed by atoms with Gasteiger partial charge in [0.25, 0.3) is 0 Å². The van der Waals surface area contributed by atoms with Gasteiger partial charge in [-0.15, -0.1) is 0 Å². The first-order valence-electron chi connectivity index (χ1n) is 8.04. The van der Waals surface area contributed by atoms with Crippen molar-refractivity contribution in [2.24, 2.45) is 0 Å². The molecule has 22 heavy (non-hydrogen) atoms. The average Bonchev–Trinajstić information content (AvgIpc) is 2.97. The largest absolute Gasteiger partial charge is 0.362 e. The number of aryl methyl sites for hydroxylation is 1. The van der Waals surface area contributed by atoms with E-state index < -0.39 is 0 Å². The van der Waals surface area contributed by atoms with Crippen LogP contribution in [0.15, 0.2) is 48.5 Å². The van der Waals surface area contributed by atoms with E-state index in [-0.39, 0.29) is 5.91 Å². The van der Waals surface area contributed by atoms with Gasteiger partial charge in [-0.05, 0) is 42.5 Å². The van der Waals surface area contributed by atoms with Crippen LogP contribution >= 0.6 is 0 Å². The molecule has 0 aromatic heterocycles. The molecule has 0 saturated heterocycles. The Morgan fingerprint density at radius 3 is 2.36 bits per heavy atom. The quantitative estimate of drug-likeness (QED) is 0.849. The Morgan fingerprint density at radius 2 is 1.55 bits per heavy atom. The molecular weight excluding hydrogens is 272 g/mol. The SMILES string of the molecule is O=C(CN1CCc2ccccc21)N1CCCc2ccccc21. The van der Waals surface area contributed by atoms with Crippen LogP contribution in [-0.4, -0.2) is 25.5 Å². The van der Waals surface area contributed by atoms with E-state index in [9.17, 15) is 4.79 Å². The number of benzene rings is 2. The van der Waals surface area contributed by atoms with Gasteiger partial charge in [-0.3, -0.25) is 4.79 Å². The number of para-hydroxylation sites is 2. The summed E-state index contributed by atoms with van der Waals surface area (Å²) in [5, 5.41) is 0. The zero-order valence-corrected chi connectivity index (χ0v) is 12.7. The minimum atomic E-state index is 0.212. The second-order valence-electron chi connectivity index (χ2n) is 6.08. The minimum Gasteiger partial charge on any atom is -0.362 e. The van der Waals surface area contributed by atoms with E-state index >= 15 is 0 Å². The summed E-state index contributed by atoms with van der Waals surface area (Å²) in [4.78, 5) is 17.0. The summed E-state index contributed by atoms with van der Waals surface area (Å²) in [6, 6.07) is 16.7. The first-order chi connectivity index (χ1) is 10.8. The molecule has 2 aromatic rings. The molecular formula is C19H20N2O. The number of carbonyl (C=O) groups excluding carboxylic acids is 1. The van der Waals surface area contributed by atoms with Crippen LogP contribution in [0.4, 0.5) is 11.4 Å². The molecule has 2 heterocycles. The lowest BCUT2D eigenvalue weighted by atomic mass is 10.0. The van der Waals surface area contributed by atoms with Crippen molar-refractivity contribution in [3.05, 3.63) is 59.7 Å². The molecule has 3 nitrogen and oxygen atoms in total. The van der Waals surface area contributed by atoms with E-state index in [2.05, 4.69) is 47.4 Å². The number of hydrogen-bond acceptors (Lipinski definition) is 2. The minimum absolute atomic E-state index is 0.212. The Bertz CT molecular complexity index is 710. The molecule has 0 N–H and O–H groups in total. The van der Waals surface area contributed by atoms with Gasteiger partial charge in [0, 0.05) is 24.5 Å². The fourth-order valence-electron chi connectivity index (χ4n) is 3.61. The smallest absolute Gasteiger partial charge is 0.246 e. The molecule has 2 aliphatic heterocycles. The molecule has 4 rings (SSSR count). The number of amides is 1. The van der Waals surface area contributed by atoms with E-state index in [0.717, 1.165) is 38.0 Å². The molecule has 112 valence electrons. The summed E-state index contributed by atoms with van der Waals surface area (Å²) in [5.41, 5.74) is 4.98. The third-order valence-electron chi connectivity index (χ3n) is 4.72. The number of hydrogen-bond donors (Lipinski definition) is 0. The Labute approximate surface area is 131 Å². The van der Waals surface area contributed by atoms with Crippen LogP contribution in [0.25, 0.3) is 0 Å². The summed E-state index contributed by atoms with van der Waals surface area (Å²) < 4.78 is 0. The molecule has 3 heteroatoms. The second kappa shape index (κ2) is 5.48. The van der Waals surface area contributed by atoms with Crippen LogP contribution < -0.4 is 9.80 Å². The van der Waals surface area contributed by atoms with Gasteiger partial charge < -0.3 is 9.80 Å². The fraction of sp³-hybridized carbons (Fsp3) is 0.316. The summed E-state index contributed by atoms with van der Waals surface area (Å²) in [5.74, 6) is 0.212. The van der Waals surface area contributed by atoms with Crippen molar-refractivity contribution in [3.8, 4) is 0 Å². The van der Waals surface area contributed by atoms with Gasteiger partial charge in [-0.25, -0.2) is 0 Å². The number of rotatable bonds is 2. The van der Waals surface area contributed by atoms with Crippen molar-refractivity contribution < 1.29 is 4.79 Å². The molecule has 0 unspecified atom stereocenters. The standard InChI is InChI=1S/C19H20N2O/c22-19(14-20-13-11-16-7-1-3-9-17(16)20)21-12-5-8-15-6-2-4-10-18(15)21/h1-4,6-7,9-10H,5,8,11-14H2. The highest BCUT2D eigenvalue weighted by Gasteiger charge is 2.26. The third kappa shape index (κ3) is 2.27. The predicted octanol–water partition coefficient (Wildman–Crippen LogP) is 3.03. The highest BCUT2D eigenvalue weighted by atomic mass is 16.2. The zero-order valence-electron chi connectivity index (χ0n) is 12.7. The van der Waals surface area contributed by atoms with Crippen LogP contribution in [0.1, 0.15) is 17.5 Å². The predicted molar refractivity (Wildman–Crippen MR) is 89.5 cm³/mol. The number of nitrogens with zero attached hydrogens (tertiary/aromatic N) is 2. The highest BCUT2D eigenvalue weighted by molar-refractivity contribution is 5.97. The Balaban J connectivity index is 1.55. The fourth-order valence-corrected chi connectivity index (χ4v) is 3.61. The van der Waals surface area contributed by atoms with Gasteiger partial charge in [0.1, 0.15) is 0 Å². The van der Waals surface area contributed by atoms with E-state index in [1.165, 1.54) is 16.8 Å². The Hall–Kier alpha value is -2.29. The van der Waals surface area contributed by atoms with Crippen molar-refractivity contribution in [2.75, 3.05) is 29.4 Å². The van der Waals surface area contributed by atoms with Crippen LogP contribution in [0.5, 0.6) is 0 Å². The van der Waals surface area contributed by atoms with Crippen LogP contribution in [0.2, 0.25) is 0 Å². The maximum atomic E-state index is 12.8. The summed E-state index contributed by atoms with van der Waals surface area (Å²) in [7, 11) is 0. The maximum Gasteiger partial charge on any atom is 0.246 e. The van der Waals surface area contributed by atoms with Gasteiger partial charge in [-0.1, -0.05) is 36.4 Å². The molecule has 1 amide bonds. The van der Waals surface area contributed by atoms with Gasteiger partial charge in [0.2, 0.25) is 5.91 Å². The summed E-state index contributed by atoms with van der Waals surface area (Å²) >= 11 is 0. The summed E-state index contributed by atoms with van der Waals surface area (Å²) in [6.45, 7) is 2.26. The lowest BCUT2D eigenvalue weighted by Gasteiger charge is -2.31. The van der Waals surface area contributed by atoms with E-state index in [0.29, 0.717) is 6.54 Å². The van der Waals surface area contributed by atoms with Crippen molar-refractivity contribution >= 4 is 17.3 Å². The number of carbonyl (C=O) groups is 1. The van der Waals surface area contributed by atoms with Crippen LogP contribution in [0, 0.1) is 0 Å². The lowest BCUT2D eigenvalue weighted by molar-refractivity contribution is -0.117. The molecule has 0 saturated carbocycles. The molecule has 2 aliphatic rings. The normalized spacial score (nSPS) is 16.4. The maximum absolute atomic E-state index is 12.8. The van der Waals surface area contributed by atoms with Gasteiger partial charge >= 0.3 is 0 Å². The van der Waals surface area contributed by atoms with E-state index in [1.807, 2.05) is 11.0 Å². The Morgan fingerprint density at radius 1 is 0.864 bits per heavy atom. The average molecular weight is 292 g/mol.